The van der Waals surface area contributed by atoms with E-state index >= 15 is 0 Å². The lowest BCUT2D eigenvalue weighted by atomic mass is 9.97. The van der Waals surface area contributed by atoms with Gasteiger partial charge in [-0.1, -0.05) is 18.2 Å². The fourth-order valence-electron chi connectivity index (χ4n) is 2.42. The standard InChI is InChI=1S/C16H14O3/c1-10-4-13(7-14(5-10)16(17)18)11-2-3-12-8-19-9-15(12)6-11/h2-7H,8-9H2,1H3,(H,17,18). The Kier molecular flexibility index (Phi) is 2.84. The van der Waals surface area contributed by atoms with Crippen LogP contribution >= 0.6 is 0 Å². The molecule has 96 valence electrons. The Hall–Kier alpha value is -2.13. The SMILES string of the molecule is Cc1cc(C(=O)O)cc(-c2ccc3c(c2)COC3)c1. The van der Waals surface area contributed by atoms with Gasteiger partial charge in [-0.25, -0.2) is 4.79 Å². The minimum Gasteiger partial charge on any atom is -0.478 e. The van der Waals surface area contributed by atoms with E-state index in [1.165, 1.54) is 11.1 Å². The second kappa shape index (κ2) is 4.52. The van der Waals surface area contributed by atoms with E-state index < -0.39 is 5.97 Å². The molecule has 0 saturated heterocycles. The fourth-order valence-corrected chi connectivity index (χ4v) is 2.42. The number of hydrogen-bond acceptors (Lipinski definition) is 2. The first kappa shape index (κ1) is 11.9. The van der Waals surface area contributed by atoms with Gasteiger partial charge in [0.25, 0.3) is 0 Å². The molecular weight excluding hydrogens is 240 g/mol. The van der Waals surface area contributed by atoms with Gasteiger partial charge in [-0.05, 0) is 52.9 Å². The molecule has 2 aromatic rings. The van der Waals surface area contributed by atoms with Gasteiger partial charge in [-0.3, -0.25) is 0 Å². The minimum absolute atomic E-state index is 0.326. The van der Waals surface area contributed by atoms with Crippen molar-refractivity contribution in [1.29, 1.82) is 0 Å². The monoisotopic (exact) mass is 254 g/mol. The van der Waals surface area contributed by atoms with Crippen molar-refractivity contribution >= 4 is 5.97 Å². The van der Waals surface area contributed by atoms with Gasteiger partial charge in [0.05, 0.1) is 18.8 Å². The Morgan fingerprint density at radius 2 is 1.84 bits per heavy atom. The number of carboxylic acid groups (broad SMARTS) is 1. The number of fused-ring (bicyclic) bond motifs is 1. The molecule has 3 rings (SSSR count). The lowest BCUT2D eigenvalue weighted by Gasteiger charge is -2.07. The summed E-state index contributed by atoms with van der Waals surface area (Å²) in [4.78, 5) is 11.1. The Morgan fingerprint density at radius 3 is 2.63 bits per heavy atom. The van der Waals surface area contributed by atoms with Crippen LogP contribution in [0, 0.1) is 6.92 Å². The average molecular weight is 254 g/mol. The van der Waals surface area contributed by atoms with Gasteiger partial charge in [0, 0.05) is 0 Å². The molecule has 0 fully saturated rings. The van der Waals surface area contributed by atoms with Crippen molar-refractivity contribution in [2.75, 3.05) is 0 Å². The van der Waals surface area contributed by atoms with Crippen LogP contribution in [0.1, 0.15) is 27.0 Å². The number of benzene rings is 2. The van der Waals surface area contributed by atoms with Crippen molar-refractivity contribution in [2.24, 2.45) is 0 Å². The van der Waals surface area contributed by atoms with Crippen LogP contribution in [0.15, 0.2) is 36.4 Å². The van der Waals surface area contributed by atoms with Gasteiger partial charge in [-0.15, -0.1) is 0 Å². The summed E-state index contributed by atoms with van der Waals surface area (Å²) < 4.78 is 5.40. The molecule has 0 unspecified atom stereocenters. The number of carboxylic acids is 1. The van der Waals surface area contributed by atoms with Crippen molar-refractivity contribution in [3.8, 4) is 11.1 Å². The summed E-state index contributed by atoms with van der Waals surface area (Å²) in [5.41, 5.74) is 5.66. The molecule has 2 aromatic carbocycles. The van der Waals surface area contributed by atoms with Crippen molar-refractivity contribution in [3.63, 3.8) is 0 Å². The van der Waals surface area contributed by atoms with E-state index in [1.807, 2.05) is 19.1 Å². The van der Waals surface area contributed by atoms with Gasteiger partial charge in [0.15, 0.2) is 0 Å². The van der Waals surface area contributed by atoms with Gasteiger partial charge in [0.1, 0.15) is 0 Å². The van der Waals surface area contributed by atoms with Crippen LogP contribution in [0.4, 0.5) is 0 Å². The number of rotatable bonds is 2. The first-order chi connectivity index (χ1) is 9.13. The molecule has 0 atom stereocenters. The topological polar surface area (TPSA) is 46.5 Å². The molecule has 0 aromatic heterocycles. The van der Waals surface area contributed by atoms with Crippen LogP contribution in [0.25, 0.3) is 11.1 Å². The molecule has 3 nitrogen and oxygen atoms in total. The molecular formula is C16H14O3. The zero-order valence-corrected chi connectivity index (χ0v) is 10.6. The Balaban J connectivity index is 2.09. The van der Waals surface area contributed by atoms with Crippen LogP contribution < -0.4 is 0 Å². The summed E-state index contributed by atoms with van der Waals surface area (Å²) in [5.74, 6) is -0.894. The average Bonchev–Trinajstić information content (AvgIpc) is 2.85. The predicted molar refractivity (Wildman–Crippen MR) is 72.1 cm³/mol. The lowest BCUT2D eigenvalue weighted by Crippen LogP contribution is -1.97. The summed E-state index contributed by atoms with van der Waals surface area (Å²) in [6.45, 7) is 3.22. The van der Waals surface area contributed by atoms with E-state index in [2.05, 4.69) is 12.1 Å². The molecule has 0 radical (unpaired) electrons. The maximum atomic E-state index is 11.1. The van der Waals surface area contributed by atoms with Crippen molar-refractivity contribution < 1.29 is 14.6 Å². The van der Waals surface area contributed by atoms with Gasteiger partial charge < -0.3 is 9.84 Å². The molecule has 19 heavy (non-hydrogen) atoms. The first-order valence-corrected chi connectivity index (χ1v) is 6.18. The molecule has 1 aliphatic heterocycles. The number of hydrogen-bond donors (Lipinski definition) is 1. The summed E-state index contributed by atoms with van der Waals surface area (Å²) >= 11 is 0. The van der Waals surface area contributed by atoms with E-state index in [0.717, 1.165) is 16.7 Å². The summed E-state index contributed by atoms with van der Waals surface area (Å²) in [6.07, 6.45) is 0. The second-order valence-corrected chi connectivity index (χ2v) is 4.87. The maximum absolute atomic E-state index is 11.1. The highest BCUT2D eigenvalue weighted by Gasteiger charge is 2.13. The third-order valence-corrected chi connectivity index (χ3v) is 3.38. The van der Waals surface area contributed by atoms with Crippen LogP contribution in [0.3, 0.4) is 0 Å². The predicted octanol–water partition coefficient (Wildman–Crippen LogP) is 3.39. The maximum Gasteiger partial charge on any atom is 0.335 e. The number of aromatic carboxylic acids is 1. The largest absolute Gasteiger partial charge is 0.478 e. The van der Waals surface area contributed by atoms with Crippen molar-refractivity contribution in [2.45, 2.75) is 20.1 Å². The molecule has 1 heterocycles. The molecule has 0 saturated carbocycles. The van der Waals surface area contributed by atoms with Crippen LogP contribution in [-0.2, 0) is 18.0 Å². The van der Waals surface area contributed by atoms with Gasteiger partial charge >= 0.3 is 5.97 Å². The van der Waals surface area contributed by atoms with Gasteiger partial charge in [-0.2, -0.15) is 0 Å². The normalized spacial score (nSPS) is 13.3. The molecule has 0 bridgehead atoms. The van der Waals surface area contributed by atoms with Crippen LogP contribution in [-0.4, -0.2) is 11.1 Å². The van der Waals surface area contributed by atoms with E-state index in [0.29, 0.717) is 18.8 Å². The third-order valence-electron chi connectivity index (χ3n) is 3.38. The van der Waals surface area contributed by atoms with Crippen molar-refractivity contribution in [1.82, 2.24) is 0 Å². The highest BCUT2D eigenvalue weighted by molar-refractivity contribution is 5.89. The van der Waals surface area contributed by atoms with Crippen molar-refractivity contribution in [3.05, 3.63) is 58.7 Å². The highest BCUT2D eigenvalue weighted by Crippen LogP contribution is 2.28. The quantitative estimate of drug-likeness (QED) is 0.893. The van der Waals surface area contributed by atoms with Crippen LogP contribution in [0.5, 0.6) is 0 Å². The summed E-state index contributed by atoms with van der Waals surface area (Å²) in [7, 11) is 0. The van der Waals surface area contributed by atoms with E-state index in [1.54, 1.807) is 12.1 Å². The molecule has 3 heteroatoms. The highest BCUT2D eigenvalue weighted by atomic mass is 16.5. The lowest BCUT2D eigenvalue weighted by molar-refractivity contribution is 0.0697. The minimum atomic E-state index is -0.894. The summed E-state index contributed by atoms with van der Waals surface area (Å²) in [5, 5.41) is 9.12. The number of carbonyl (C=O) groups is 1. The van der Waals surface area contributed by atoms with Gasteiger partial charge in [0.2, 0.25) is 0 Å². The third kappa shape index (κ3) is 2.25. The molecule has 1 aliphatic rings. The smallest absolute Gasteiger partial charge is 0.335 e. The zero-order chi connectivity index (χ0) is 13.4. The molecule has 0 aliphatic carbocycles. The van der Waals surface area contributed by atoms with E-state index in [9.17, 15) is 4.79 Å². The first-order valence-electron chi connectivity index (χ1n) is 6.18. The second-order valence-electron chi connectivity index (χ2n) is 4.87. The number of ether oxygens (including phenoxy) is 1. The van der Waals surface area contributed by atoms with Crippen LogP contribution in [0.2, 0.25) is 0 Å². The number of aryl methyl sites for hydroxylation is 1. The fraction of sp³-hybridized carbons (Fsp3) is 0.188. The van der Waals surface area contributed by atoms with E-state index in [4.69, 9.17) is 9.84 Å². The Bertz CT molecular complexity index is 659. The van der Waals surface area contributed by atoms with E-state index in [-0.39, 0.29) is 0 Å². The summed E-state index contributed by atoms with van der Waals surface area (Å²) in [6, 6.07) is 11.6. The Morgan fingerprint density at radius 1 is 1.05 bits per heavy atom. The molecule has 0 spiro atoms. The zero-order valence-electron chi connectivity index (χ0n) is 10.6. The molecule has 0 amide bonds. The Labute approximate surface area is 111 Å². The molecule has 1 N–H and O–H groups in total.